The first-order valence-electron chi connectivity index (χ1n) is 5.74. The number of hydrogen-bond donors (Lipinski definition) is 1. The van der Waals surface area contributed by atoms with E-state index in [4.69, 9.17) is 4.74 Å². The first kappa shape index (κ1) is 11.7. The Morgan fingerprint density at radius 1 is 1.57 bits per heavy atom. The van der Waals surface area contributed by atoms with E-state index in [1.165, 1.54) is 24.8 Å². The molecule has 0 aromatic heterocycles. The van der Waals surface area contributed by atoms with Gasteiger partial charge < -0.3 is 10.1 Å². The van der Waals surface area contributed by atoms with Crippen molar-refractivity contribution in [3.05, 3.63) is 11.6 Å². The molecule has 0 aromatic rings. The Hall–Kier alpha value is -0.340. The molecule has 1 rings (SSSR count). The predicted molar refractivity (Wildman–Crippen MR) is 60.5 cm³/mol. The number of rotatable bonds is 5. The molecule has 2 unspecified atom stereocenters. The molecule has 1 aliphatic rings. The lowest BCUT2D eigenvalue weighted by atomic mass is 10.1. The molecule has 82 valence electrons. The second-order valence-electron chi connectivity index (χ2n) is 4.28. The molecule has 0 amide bonds. The molecule has 1 fully saturated rings. The van der Waals surface area contributed by atoms with Crippen LogP contribution < -0.4 is 5.32 Å². The van der Waals surface area contributed by atoms with Gasteiger partial charge in [-0.15, -0.1) is 0 Å². The summed E-state index contributed by atoms with van der Waals surface area (Å²) >= 11 is 0. The Morgan fingerprint density at radius 3 is 2.86 bits per heavy atom. The molecule has 1 N–H and O–H groups in total. The second-order valence-corrected chi connectivity index (χ2v) is 4.28. The summed E-state index contributed by atoms with van der Waals surface area (Å²) in [5, 5.41) is 3.54. The lowest BCUT2D eigenvalue weighted by molar-refractivity contribution is 0.0913. The van der Waals surface area contributed by atoms with E-state index in [0.29, 0.717) is 12.1 Å². The molecule has 2 heteroatoms. The zero-order valence-corrected chi connectivity index (χ0v) is 9.68. The van der Waals surface area contributed by atoms with Gasteiger partial charge >= 0.3 is 0 Å². The zero-order chi connectivity index (χ0) is 10.4. The fraction of sp³-hybridized carbons (Fsp3) is 0.833. The third kappa shape index (κ3) is 3.81. The van der Waals surface area contributed by atoms with Crippen molar-refractivity contribution in [1.29, 1.82) is 0 Å². The first-order chi connectivity index (χ1) is 6.74. The Balaban J connectivity index is 2.46. The molecule has 2 nitrogen and oxygen atoms in total. The van der Waals surface area contributed by atoms with Crippen LogP contribution in [0.4, 0.5) is 0 Å². The van der Waals surface area contributed by atoms with E-state index in [9.17, 15) is 0 Å². The van der Waals surface area contributed by atoms with Crippen LogP contribution in [0.2, 0.25) is 0 Å². The van der Waals surface area contributed by atoms with Crippen molar-refractivity contribution in [1.82, 2.24) is 5.32 Å². The summed E-state index contributed by atoms with van der Waals surface area (Å²) in [6.45, 7) is 8.51. The van der Waals surface area contributed by atoms with Crippen molar-refractivity contribution < 1.29 is 4.74 Å². The molecule has 0 spiro atoms. The quantitative estimate of drug-likeness (QED) is 0.684. The zero-order valence-electron chi connectivity index (χ0n) is 9.68. The molecule has 14 heavy (non-hydrogen) atoms. The molecular formula is C12H23NO. The number of allylic oxidation sites excluding steroid dienone is 1. The van der Waals surface area contributed by atoms with Gasteiger partial charge in [0, 0.05) is 6.61 Å². The fourth-order valence-electron chi connectivity index (χ4n) is 1.85. The fourth-order valence-corrected chi connectivity index (χ4v) is 1.85. The van der Waals surface area contributed by atoms with Crippen LogP contribution in [0.25, 0.3) is 0 Å². The second kappa shape index (κ2) is 6.20. The van der Waals surface area contributed by atoms with Gasteiger partial charge in [0.2, 0.25) is 0 Å². The van der Waals surface area contributed by atoms with Gasteiger partial charge in [-0.05, 0) is 39.7 Å². The van der Waals surface area contributed by atoms with E-state index in [1.807, 2.05) is 0 Å². The number of nitrogens with one attached hydrogen (secondary N) is 1. The van der Waals surface area contributed by atoms with Gasteiger partial charge in [-0.2, -0.15) is 0 Å². The Labute approximate surface area is 87.7 Å². The van der Waals surface area contributed by atoms with Gasteiger partial charge in [0.05, 0.1) is 12.1 Å². The van der Waals surface area contributed by atoms with Gasteiger partial charge in [0.25, 0.3) is 0 Å². The smallest absolute Gasteiger partial charge is 0.0764 e. The summed E-state index contributed by atoms with van der Waals surface area (Å²) in [4.78, 5) is 0. The third-order valence-corrected chi connectivity index (χ3v) is 2.51. The molecule has 0 saturated carbocycles. The van der Waals surface area contributed by atoms with Gasteiger partial charge in [-0.25, -0.2) is 0 Å². The highest BCUT2D eigenvalue weighted by molar-refractivity contribution is 5.04. The van der Waals surface area contributed by atoms with Gasteiger partial charge in [-0.3, -0.25) is 0 Å². The van der Waals surface area contributed by atoms with Gasteiger partial charge in [0.1, 0.15) is 0 Å². The maximum absolute atomic E-state index is 5.71. The average molecular weight is 197 g/mol. The van der Waals surface area contributed by atoms with Crippen molar-refractivity contribution >= 4 is 0 Å². The van der Waals surface area contributed by atoms with Crippen molar-refractivity contribution in [2.45, 2.75) is 52.2 Å². The van der Waals surface area contributed by atoms with Crippen LogP contribution in [0.5, 0.6) is 0 Å². The molecule has 0 radical (unpaired) electrons. The summed E-state index contributed by atoms with van der Waals surface area (Å²) in [5.41, 5.74) is 1.37. The van der Waals surface area contributed by atoms with E-state index in [1.54, 1.807) is 0 Å². The molecular weight excluding hydrogens is 174 g/mol. The third-order valence-electron chi connectivity index (χ3n) is 2.51. The van der Waals surface area contributed by atoms with Crippen LogP contribution in [0.15, 0.2) is 11.6 Å². The van der Waals surface area contributed by atoms with Crippen molar-refractivity contribution in [3.63, 3.8) is 0 Å². The van der Waals surface area contributed by atoms with E-state index in [-0.39, 0.29) is 0 Å². The van der Waals surface area contributed by atoms with Crippen molar-refractivity contribution in [3.8, 4) is 0 Å². The summed E-state index contributed by atoms with van der Waals surface area (Å²) < 4.78 is 5.71. The van der Waals surface area contributed by atoms with E-state index < -0.39 is 0 Å². The van der Waals surface area contributed by atoms with Crippen LogP contribution in [-0.4, -0.2) is 25.3 Å². The standard InChI is InChI=1S/C12H23NO/c1-4-7-13-11(9-10(2)3)12-6-5-8-14-12/h9,11-13H,4-8H2,1-3H3. The van der Waals surface area contributed by atoms with E-state index in [0.717, 1.165) is 13.2 Å². The predicted octanol–water partition coefficient (Wildman–Crippen LogP) is 2.50. The first-order valence-corrected chi connectivity index (χ1v) is 5.74. The molecule has 0 bridgehead atoms. The summed E-state index contributed by atoms with van der Waals surface area (Å²) in [6.07, 6.45) is 6.29. The largest absolute Gasteiger partial charge is 0.376 e. The van der Waals surface area contributed by atoms with Crippen molar-refractivity contribution in [2.75, 3.05) is 13.2 Å². The van der Waals surface area contributed by atoms with Gasteiger partial charge in [-0.1, -0.05) is 18.6 Å². The molecule has 1 saturated heterocycles. The topological polar surface area (TPSA) is 21.3 Å². The maximum atomic E-state index is 5.71. The van der Waals surface area contributed by atoms with Gasteiger partial charge in [0.15, 0.2) is 0 Å². The minimum atomic E-state index is 0.399. The van der Waals surface area contributed by atoms with Crippen LogP contribution in [0.3, 0.4) is 0 Å². The summed E-state index contributed by atoms with van der Waals surface area (Å²) in [5.74, 6) is 0. The van der Waals surface area contributed by atoms with E-state index >= 15 is 0 Å². The Kier molecular flexibility index (Phi) is 5.20. The van der Waals surface area contributed by atoms with E-state index in [2.05, 4.69) is 32.2 Å². The lowest BCUT2D eigenvalue weighted by Crippen LogP contribution is -2.38. The molecule has 1 aliphatic heterocycles. The van der Waals surface area contributed by atoms with Crippen LogP contribution in [0.1, 0.15) is 40.0 Å². The van der Waals surface area contributed by atoms with Crippen LogP contribution in [-0.2, 0) is 4.74 Å². The highest BCUT2D eigenvalue weighted by Crippen LogP contribution is 2.17. The maximum Gasteiger partial charge on any atom is 0.0764 e. The lowest BCUT2D eigenvalue weighted by Gasteiger charge is -2.21. The summed E-state index contributed by atoms with van der Waals surface area (Å²) in [6, 6.07) is 0.419. The normalized spacial score (nSPS) is 23.5. The number of hydrogen-bond acceptors (Lipinski definition) is 2. The van der Waals surface area contributed by atoms with Crippen molar-refractivity contribution in [2.24, 2.45) is 0 Å². The summed E-state index contributed by atoms with van der Waals surface area (Å²) in [7, 11) is 0. The average Bonchev–Trinajstić information content (AvgIpc) is 2.64. The minimum Gasteiger partial charge on any atom is -0.376 e. The minimum absolute atomic E-state index is 0.399. The SMILES string of the molecule is CCCNC(C=C(C)C)C1CCCO1. The van der Waals surface area contributed by atoms with Crippen LogP contribution in [0, 0.1) is 0 Å². The molecule has 1 heterocycles. The molecule has 2 atom stereocenters. The molecule has 0 aliphatic carbocycles. The molecule has 0 aromatic carbocycles. The van der Waals surface area contributed by atoms with Crippen LogP contribution >= 0.6 is 0 Å². The highest BCUT2D eigenvalue weighted by atomic mass is 16.5. The monoisotopic (exact) mass is 197 g/mol. The Bertz CT molecular complexity index is 179. The highest BCUT2D eigenvalue weighted by Gasteiger charge is 2.23. The Morgan fingerprint density at radius 2 is 2.36 bits per heavy atom. The number of ether oxygens (including phenoxy) is 1.